The Balaban J connectivity index is 2.65. The van der Waals surface area contributed by atoms with Crippen LogP contribution in [0.5, 0.6) is 0 Å². The minimum absolute atomic E-state index is 0.0130. The van der Waals surface area contributed by atoms with Gasteiger partial charge in [0.1, 0.15) is 0 Å². The molecule has 0 amide bonds. The van der Waals surface area contributed by atoms with Crippen LogP contribution in [0.2, 0.25) is 0 Å². The van der Waals surface area contributed by atoms with Crippen molar-refractivity contribution in [3.8, 4) is 0 Å². The first-order valence-electron chi connectivity index (χ1n) is 6.11. The first-order valence-corrected chi connectivity index (χ1v) is 6.91. The molecule has 0 saturated carbocycles. The predicted octanol–water partition coefficient (Wildman–Crippen LogP) is 3.40. The molecule has 3 heteroatoms. The van der Waals surface area contributed by atoms with Gasteiger partial charge in [-0.3, -0.25) is 0 Å². The zero-order chi connectivity index (χ0) is 12.9. The lowest BCUT2D eigenvalue weighted by Crippen LogP contribution is -2.42. The van der Waals surface area contributed by atoms with Crippen molar-refractivity contribution in [2.45, 2.75) is 45.7 Å². The molecule has 1 rings (SSSR count). The number of aliphatic hydroxyl groups excluding tert-OH is 1. The van der Waals surface area contributed by atoms with Crippen LogP contribution >= 0.6 is 15.9 Å². The fraction of sp³-hybridized carbons (Fsp3) is 0.571. The van der Waals surface area contributed by atoms with E-state index in [0.29, 0.717) is 0 Å². The maximum absolute atomic E-state index is 9.07. The molecule has 0 fully saturated rings. The third-order valence-electron chi connectivity index (χ3n) is 3.36. The molecule has 0 saturated heterocycles. The number of nitrogens with one attached hydrogen (secondary N) is 1. The van der Waals surface area contributed by atoms with Crippen molar-refractivity contribution >= 4 is 15.9 Å². The number of aliphatic hydroxyl groups is 1. The number of rotatable bonds is 6. The lowest BCUT2D eigenvalue weighted by atomic mass is 9.94. The average molecular weight is 300 g/mol. The normalized spacial score (nSPS) is 14.6. The molecule has 0 aliphatic heterocycles. The Bertz CT molecular complexity index is 367. The third-order valence-corrected chi connectivity index (χ3v) is 4.10. The molecule has 0 aromatic heterocycles. The summed E-state index contributed by atoms with van der Waals surface area (Å²) in [6, 6.07) is 6.39. The zero-order valence-electron chi connectivity index (χ0n) is 10.9. The fourth-order valence-electron chi connectivity index (χ4n) is 1.74. The lowest BCUT2D eigenvalue weighted by Gasteiger charge is -2.29. The molecule has 2 N–H and O–H groups in total. The Kier molecular flexibility index (Phi) is 5.63. The Hall–Kier alpha value is -0.380. The van der Waals surface area contributed by atoms with E-state index in [1.807, 2.05) is 0 Å². The Labute approximate surface area is 113 Å². The van der Waals surface area contributed by atoms with Crippen molar-refractivity contribution in [2.75, 3.05) is 6.61 Å². The lowest BCUT2D eigenvalue weighted by molar-refractivity contribution is 0.214. The van der Waals surface area contributed by atoms with E-state index in [0.717, 1.165) is 23.9 Å². The fourth-order valence-corrected chi connectivity index (χ4v) is 2.37. The largest absolute Gasteiger partial charge is 0.396 e. The summed E-state index contributed by atoms with van der Waals surface area (Å²) >= 11 is 3.59. The number of hydrogen-bond acceptors (Lipinski definition) is 2. The van der Waals surface area contributed by atoms with E-state index < -0.39 is 0 Å². The molecule has 0 aliphatic carbocycles. The minimum atomic E-state index is 0.0130. The highest BCUT2D eigenvalue weighted by atomic mass is 79.9. The number of hydrogen-bond donors (Lipinski definition) is 2. The summed E-state index contributed by atoms with van der Waals surface area (Å²) in [5, 5.41) is 12.6. The number of halogens is 1. The minimum Gasteiger partial charge on any atom is -0.396 e. The topological polar surface area (TPSA) is 32.3 Å². The van der Waals surface area contributed by atoms with Crippen LogP contribution in [0.15, 0.2) is 22.7 Å². The monoisotopic (exact) mass is 299 g/mol. The molecule has 0 spiro atoms. The van der Waals surface area contributed by atoms with Crippen LogP contribution in [-0.4, -0.2) is 17.3 Å². The maximum atomic E-state index is 9.07. The highest BCUT2D eigenvalue weighted by molar-refractivity contribution is 9.10. The van der Waals surface area contributed by atoms with Gasteiger partial charge in [-0.15, -0.1) is 0 Å². The maximum Gasteiger partial charge on any atom is 0.0448 e. The van der Waals surface area contributed by atoms with Crippen LogP contribution in [-0.2, 0) is 6.54 Å². The van der Waals surface area contributed by atoms with E-state index in [-0.39, 0.29) is 12.1 Å². The van der Waals surface area contributed by atoms with Gasteiger partial charge in [-0.1, -0.05) is 35.0 Å². The first-order chi connectivity index (χ1) is 8.00. The van der Waals surface area contributed by atoms with Crippen molar-refractivity contribution < 1.29 is 5.11 Å². The SMILES string of the molecule is CCC(C)(CCO)NCc1ccc(C)cc1Br. The van der Waals surface area contributed by atoms with E-state index in [1.165, 1.54) is 11.1 Å². The van der Waals surface area contributed by atoms with Gasteiger partial charge in [0.25, 0.3) is 0 Å². The van der Waals surface area contributed by atoms with Gasteiger partial charge in [-0.25, -0.2) is 0 Å². The van der Waals surface area contributed by atoms with Gasteiger partial charge < -0.3 is 10.4 Å². The smallest absolute Gasteiger partial charge is 0.0448 e. The van der Waals surface area contributed by atoms with Crippen LogP contribution in [0.1, 0.15) is 37.8 Å². The number of benzene rings is 1. The van der Waals surface area contributed by atoms with Crippen molar-refractivity contribution in [3.05, 3.63) is 33.8 Å². The third kappa shape index (κ3) is 4.41. The molecule has 1 unspecified atom stereocenters. The Morgan fingerprint density at radius 3 is 2.65 bits per heavy atom. The van der Waals surface area contributed by atoms with E-state index >= 15 is 0 Å². The van der Waals surface area contributed by atoms with Crippen LogP contribution in [0.3, 0.4) is 0 Å². The highest BCUT2D eigenvalue weighted by Gasteiger charge is 2.20. The van der Waals surface area contributed by atoms with Gasteiger partial charge in [-0.05, 0) is 43.9 Å². The molecular weight excluding hydrogens is 278 g/mol. The summed E-state index contributed by atoms with van der Waals surface area (Å²) in [5.41, 5.74) is 2.53. The second-order valence-corrected chi connectivity index (χ2v) is 5.69. The summed E-state index contributed by atoms with van der Waals surface area (Å²) in [7, 11) is 0. The molecule has 0 radical (unpaired) electrons. The quantitative estimate of drug-likeness (QED) is 0.844. The van der Waals surface area contributed by atoms with E-state index in [1.54, 1.807) is 0 Å². The van der Waals surface area contributed by atoms with Crippen LogP contribution in [0, 0.1) is 6.92 Å². The van der Waals surface area contributed by atoms with Gasteiger partial charge in [0.15, 0.2) is 0 Å². The summed E-state index contributed by atoms with van der Waals surface area (Å²) in [4.78, 5) is 0. The Morgan fingerprint density at radius 2 is 2.12 bits per heavy atom. The second kappa shape index (κ2) is 6.53. The molecule has 1 aromatic carbocycles. The van der Waals surface area contributed by atoms with E-state index in [2.05, 4.69) is 60.2 Å². The molecule has 0 heterocycles. The van der Waals surface area contributed by atoms with Gasteiger partial charge in [-0.2, -0.15) is 0 Å². The van der Waals surface area contributed by atoms with E-state index in [9.17, 15) is 0 Å². The zero-order valence-corrected chi connectivity index (χ0v) is 12.5. The summed E-state index contributed by atoms with van der Waals surface area (Å²) < 4.78 is 1.15. The van der Waals surface area contributed by atoms with Crippen LogP contribution < -0.4 is 5.32 Å². The first kappa shape index (κ1) is 14.7. The molecule has 96 valence electrons. The summed E-state index contributed by atoms with van der Waals surface area (Å²) in [6.07, 6.45) is 1.80. The van der Waals surface area contributed by atoms with Gasteiger partial charge >= 0.3 is 0 Å². The van der Waals surface area contributed by atoms with Gasteiger partial charge in [0.05, 0.1) is 0 Å². The van der Waals surface area contributed by atoms with Gasteiger partial charge in [0, 0.05) is 23.2 Å². The Morgan fingerprint density at radius 1 is 1.41 bits per heavy atom. The van der Waals surface area contributed by atoms with Gasteiger partial charge in [0.2, 0.25) is 0 Å². The average Bonchev–Trinajstić information content (AvgIpc) is 2.28. The summed E-state index contributed by atoms with van der Waals surface area (Å²) in [6.45, 7) is 7.44. The highest BCUT2D eigenvalue weighted by Crippen LogP contribution is 2.20. The molecule has 17 heavy (non-hydrogen) atoms. The second-order valence-electron chi connectivity index (χ2n) is 4.84. The molecule has 1 aromatic rings. The predicted molar refractivity (Wildman–Crippen MR) is 76.1 cm³/mol. The summed E-state index contributed by atoms with van der Waals surface area (Å²) in [5.74, 6) is 0. The molecular formula is C14H22BrNO. The standard InChI is InChI=1S/C14H22BrNO/c1-4-14(3,7-8-17)16-10-12-6-5-11(2)9-13(12)15/h5-6,9,16-17H,4,7-8,10H2,1-3H3. The van der Waals surface area contributed by atoms with E-state index in [4.69, 9.17) is 5.11 Å². The van der Waals surface area contributed by atoms with Crippen molar-refractivity contribution in [1.29, 1.82) is 0 Å². The number of aryl methyl sites for hydroxylation is 1. The van der Waals surface area contributed by atoms with Crippen molar-refractivity contribution in [2.24, 2.45) is 0 Å². The molecule has 2 nitrogen and oxygen atoms in total. The molecule has 0 bridgehead atoms. The van der Waals surface area contributed by atoms with Crippen LogP contribution in [0.4, 0.5) is 0 Å². The van der Waals surface area contributed by atoms with Crippen molar-refractivity contribution in [3.63, 3.8) is 0 Å². The molecule has 1 atom stereocenters. The molecule has 0 aliphatic rings. The van der Waals surface area contributed by atoms with Crippen LogP contribution in [0.25, 0.3) is 0 Å². The van der Waals surface area contributed by atoms with Crippen molar-refractivity contribution in [1.82, 2.24) is 5.32 Å².